The van der Waals surface area contributed by atoms with E-state index in [9.17, 15) is 0 Å². The van der Waals surface area contributed by atoms with E-state index in [4.69, 9.17) is 0 Å². The van der Waals surface area contributed by atoms with Gasteiger partial charge < -0.3 is 5.32 Å². The van der Waals surface area contributed by atoms with Crippen molar-refractivity contribution in [3.8, 4) is 0 Å². The number of hydrogen-bond acceptors (Lipinski definition) is 1. The Kier molecular flexibility index (Phi) is 5.41. The summed E-state index contributed by atoms with van der Waals surface area (Å²) < 4.78 is 0. The fourth-order valence-electron chi connectivity index (χ4n) is 1.77. The number of aryl methyl sites for hydroxylation is 1. The quantitative estimate of drug-likeness (QED) is 0.747. The molecule has 0 spiro atoms. The lowest BCUT2D eigenvalue weighted by molar-refractivity contribution is 0.462. The second kappa shape index (κ2) is 6.62. The molecule has 84 valence electrons. The predicted molar refractivity (Wildman–Crippen MR) is 67.0 cm³/mol. The zero-order valence-electron chi connectivity index (χ0n) is 10.2. The second-order valence-corrected chi connectivity index (χ2v) is 4.26. The average Bonchev–Trinajstić information content (AvgIpc) is 2.26. The summed E-state index contributed by atoms with van der Waals surface area (Å²) >= 11 is 0. The lowest BCUT2D eigenvalue weighted by Gasteiger charge is -2.15. The molecule has 0 fully saturated rings. The maximum absolute atomic E-state index is 3.61. The van der Waals surface area contributed by atoms with Crippen LogP contribution in [0.3, 0.4) is 0 Å². The minimum absolute atomic E-state index is 0.677. The number of rotatable bonds is 6. The molecule has 0 aromatic heterocycles. The van der Waals surface area contributed by atoms with E-state index >= 15 is 0 Å². The summed E-state index contributed by atoms with van der Waals surface area (Å²) in [6, 6.07) is 9.45. The highest BCUT2D eigenvalue weighted by Crippen LogP contribution is 2.05. The van der Waals surface area contributed by atoms with Crippen LogP contribution in [0.25, 0.3) is 0 Å². The van der Waals surface area contributed by atoms with Crippen LogP contribution >= 0.6 is 0 Å². The third kappa shape index (κ3) is 4.48. The smallest absolute Gasteiger partial charge is 0.0208 e. The first-order chi connectivity index (χ1) is 7.26. The third-order valence-corrected chi connectivity index (χ3v) is 2.85. The van der Waals surface area contributed by atoms with Crippen molar-refractivity contribution < 1.29 is 0 Å². The van der Waals surface area contributed by atoms with Crippen LogP contribution in [-0.4, -0.2) is 6.04 Å². The Morgan fingerprint density at radius 3 is 2.33 bits per heavy atom. The molecular weight excluding hydrogens is 182 g/mol. The molecule has 0 amide bonds. The highest BCUT2D eigenvalue weighted by Gasteiger charge is 2.03. The molecule has 1 aromatic carbocycles. The second-order valence-electron chi connectivity index (χ2n) is 4.26. The first-order valence-electron chi connectivity index (χ1n) is 6.05. The molecule has 1 nitrogen and oxygen atoms in total. The zero-order chi connectivity index (χ0) is 11.1. The summed E-state index contributed by atoms with van der Waals surface area (Å²) in [6.45, 7) is 7.63. The van der Waals surface area contributed by atoms with Gasteiger partial charge in [0, 0.05) is 12.6 Å². The van der Waals surface area contributed by atoms with Crippen LogP contribution in [0.5, 0.6) is 0 Å². The molecule has 1 atom stereocenters. The highest BCUT2D eigenvalue weighted by atomic mass is 14.9. The Balaban J connectivity index is 2.38. The Bertz CT molecular complexity index is 263. The van der Waals surface area contributed by atoms with Gasteiger partial charge in [0.1, 0.15) is 0 Å². The molecule has 15 heavy (non-hydrogen) atoms. The van der Waals surface area contributed by atoms with E-state index in [1.807, 2.05) is 0 Å². The van der Waals surface area contributed by atoms with Crippen molar-refractivity contribution in [1.82, 2.24) is 5.32 Å². The topological polar surface area (TPSA) is 12.0 Å². The standard InChI is InChI=1S/C14H23N/c1-4-6-14(5-2)15-11-13-9-7-12(3)8-10-13/h7-10,14-15H,4-6,11H2,1-3H3. The third-order valence-electron chi connectivity index (χ3n) is 2.85. The van der Waals surface area contributed by atoms with Crippen molar-refractivity contribution in [3.63, 3.8) is 0 Å². The fourth-order valence-corrected chi connectivity index (χ4v) is 1.77. The lowest BCUT2D eigenvalue weighted by Crippen LogP contribution is -2.27. The van der Waals surface area contributed by atoms with Crippen molar-refractivity contribution in [2.24, 2.45) is 0 Å². The van der Waals surface area contributed by atoms with Crippen LogP contribution in [0.1, 0.15) is 44.2 Å². The molecule has 1 heteroatoms. The van der Waals surface area contributed by atoms with Gasteiger partial charge in [0.2, 0.25) is 0 Å². The van der Waals surface area contributed by atoms with Gasteiger partial charge in [-0.3, -0.25) is 0 Å². The lowest BCUT2D eigenvalue weighted by atomic mass is 10.1. The Hall–Kier alpha value is -0.820. The molecule has 1 aromatic rings. The van der Waals surface area contributed by atoms with Gasteiger partial charge in [-0.15, -0.1) is 0 Å². The average molecular weight is 205 g/mol. The van der Waals surface area contributed by atoms with Crippen LogP contribution in [0, 0.1) is 6.92 Å². The van der Waals surface area contributed by atoms with Gasteiger partial charge in [-0.25, -0.2) is 0 Å². The first kappa shape index (κ1) is 12.3. The van der Waals surface area contributed by atoms with E-state index in [2.05, 4.69) is 50.4 Å². The largest absolute Gasteiger partial charge is 0.310 e. The van der Waals surface area contributed by atoms with E-state index in [1.165, 1.54) is 30.4 Å². The Morgan fingerprint density at radius 2 is 1.80 bits per heavy atom. The summed E-state index contributed by atoms with van der Waals surface area (Å²) in [4.78, 5) is 0. The monoisotopic (exact) mass is 205 g/mol. The summed E-state index contributed by atoms with van der Waals surface area (Å²) in [5, 5.41) is 3.61. The minimum Gasteiger partial charge on any atom is -0.310 e. The molecule has 0 saturated heterocycles. The molecule has 0 saturated carbocycles. The van der Waals surface area contributed by atoms with Gasteiger partial charge in [0.05, 0.1) is 0 Å². The van der Waals surface area contributed by atoms with Gasteiger partial charge in [0.25, 0.3) is 0 Å². The van der Waals surface area contributed by atoms with Crippen molar-refractivity contribution in [1.29, 1.82) is 0 Å². The first-order valence-corrected chi connectivity index (χ1v) is 6.05. The van der Waals surface area contributed by atoms with Gasteiger partial charge in [-0.05, 0) is 25.3 Å². The van der Waals surface area contributed by atoms with Crippen LogP contribution in [0.4, 0.5) is 0 Å². The maximum Gasteiger partial charge on any atom is 0.0208 e. The van der Waals surface area contributed by atoms with Gasteiger partial charge in [-0.2, -0.15) is 0 Å². The van der Waals surface area contributed by atoms with Crippen LogP contribution in [0.2, 0.25) is 0 Å². The van der Waals surface area contributed by atoms with Crippen molar-refractivity contribution in [3.05, 3.63) is 35.4 Å². The molecule has 0 radical (unpaired) electrons. The number of nitrogens with one attached hydrogen (secondary N) is 1. The minimum atomic E-state index is 0.677. The predicted octanol–water partition coefficient (Wildman–Crippen LogP) is 3.66. The van der Waals surface area contributed by atoms with Gasteiger partial charge in [0.15, 0.2) is 0 Å². The van der Waals surface area contributed by atoms with E-state index in [1.54, 1.807) is 0 Å². The van der Waals surface area contributed by atoms with Crippen molar-refractivity contribution >= 4 is 0 Å². The molecule has 0 aliphatic carbocycles. The fraction of sp³-hybridized carbons (Fsp3) is 0.571. The van der Waals surface area contributed by atoms with E-state index < -0.39 is 0 Å². The number of benzene rings is 1. The molecule has 1 N–H and O–H groups in total. The van der Waals surface area contributed by atoms with E-state index in [-0.39, 0.29) is 0 Å². The Morgan fingerprint density at radius 1 is 1.13 bits per heavy atom. The molecule has 1 unspecified atom stereocenters. The van der Waals surface area contributed by atoms with E-state index in [0.29, 0.717) is 6.04 Å². The van der Waals surface area contributed by atoms with Crippen LogP contribution < -0.4 is 5.32 Å². The Labute approximate surface area is 93.9 Å². The molecule has 0 heterocycles. The molecule has 0 aliphatic rings. The van der Waals surface area contributed by atoms with E-state index in [0.717, 1.165) is 6.54 Å². The summed E-state index contributed by atoms with van der Waals surface area (Å²) in [5.41, 5.74) is 2.72. The summed E-state index contributed by atoms with van der Waals surface area (Å²) in [6.07, 6.45) is 3.77. The summed E-state index contributed by atoms with van der Waals surface area (Å²) in [5.74, 6) is 0. The zero-order valence-corrected chi connectivity index (χ0v) is 10.2. The normalized spacial score (nSPS) is 12.7. The van der Waals surface area contributed by atoms with Crippen LogP contribution in [-0.2, 0) is 6.54 Å². The van der Waals surface area contributed by atoms with Crippen LogP contribution in [0.15, 0.2) is 24.3 Å². The maximum atomic E-state index is 3.61. The summed E-state index contributed by atoms with van der Waals surface area (Å²) in [7, 11) is 0. The molecular formula is C14H23N. The highest BCUT2D eigenvalue weighted by molar-refractivity contribution is 5.21. The molecule has 1 rings (SSSR count). The van der Waals surface area contributed by atoms with Crippen molar-refractivity contribution in [2.45, 2.75) is 52.6 Å². The van der Waals surface area contributed by atoms with Gasteiger partial charge >= 0.3 is 0 Å². The molecule has 0 bridgehead atoms. The molecule has 0 aliphatic heterocycles. The SMILES string of the molecule is CCCC(CC)NCc1ccc(C)cc1. The van der Waals surface area contributed by atoms with Crippen molar-refractivity contribution in [2.75, 3.05) is 0 Å². The number of hydrogen-bond donors (Lipinski definition) is 1. The van der Waals surface area contributed by atoms with Gasteiger partial charge in [-0.1, -0.05) is 50.1 Å².